The zero-order chi connectivity index (χ0) is 22.4. The summed E-state index contributed by atoms with van der Waals surface area (Å²) < 4.78 is 10.5. The van der Waals surface area contributed by atoms with Gasteiger partial charge in [0.25, 0.3) is 5.91 Å². The number of nitrogens with one attached hydrogen (secondary N) is 1. The summed E-state index contributed by atoms with van der Waals surface area (Å²) in [6, 6.07) is 13.0. The SMILES string of the molecule is C=CCc1cccc2cc(C(=O)N[C@@H](CC(=O)OCC)c3ccccc3Cl)c(=O)oc12. The molecule has 1 atom stereocenters. The number of esters is 1. The van der Waals surface area contributed by atoms with E-state index in [2.05, 4.69) is 11.9 Å². The molecule has 2 aromatic carbocycles. The number of hydrogen-bond acceptors (Lipinski definition) is 5. The van der Waals surface area contributed by atoms with E-state index in [1.54, 1.807) is 43.3 Å². The smallest absolute Gasteiger partial charge is 0.349 e. The molecule has 0 radical (unpaired) electrons. The summed E-state index contributed by atoms with van der Waals surface area (Å²) in [5, 5.41) is 3.73. The number of fused-ring (bicyclic) bond motifs is 1. The first-order valence-electron chi connectivity index (χ1n) is 9.82. The predicted molar refractivity (Wildman–Crippen MR) is 119 cm³/mol. The van der Waals surface area contributed by atoms with Crippen LogP contribution in [0.5, 0.6) is 0 Å². The van der Waals surface area contributed by atoms with Crippen LogP contribution in [0.15, 0.2) is 70.4 Å². The zero-order valence-electron chi connectivity index (χ0n) is 17.0. The topological polar surface area (TPSA) is 85.6 Å². The number of amides is 1. The van der Waals surface area contributed by atoms with Crippen LogP contribution >= 0.6 is 11.6 Å². The average Bonchev–Trinajstić information content (AvgIpc) is 2.74. The Hall–Kier alpha value is -3.38. The molecule has 31 heavy (non-hydrogen) atoms. The second kappa shape index (κ2) is 10.1. The number of allylic oxidation sites excluding steroid dienone is 1. The summed E-state index contributed by atoms with van der Waals surface area (Å²) in [5.74, 6) is -1.16. The molecule has 0 fully saturated rings. The Morgan fingerprint density at radius 1 is 1.23 bits per heavy atom. The van der Waals surface area contributed by atoms with Crippen molar-refractivity contribution in [2.45, 2.75) is 25.8 Å². The molecule has 0 aliphatic carbocycles. The van der Waals surface area contributed by atoms with Gasteiger partial charge in [-0.15, -0.1) is 6.58 Å². The van der Waals surface area contributed by atoms with E-state index in [9.17, 15) is 14.4 Å². The molecule has 0 unspecified atom stereocenters. The van der Waals surface area contributed by atoms with Crippen molar-refractivity contribution in [3.8, 4) is 0 Å². The lowest BCUT2D eigenvalue weighted by molar-refractivity contribution is -0.143. The van der Waals surface area contributed by atoms with E-state index >= 15 is 0 Å². The minimum absolute atomic E-state index is 0.133. The van der Waals surface area contributed by atoms with Gasteiger partial charge in [0.05, 0.1) is 19.1 Å². The van der Waals surface area contributed by atoms with Crippen molar-refractivity contribution in [3.63, 3.8) is 0 Å². The fraction of sp³-hybridized carbons (Fsp3) is 0.208. The molecule has 0 bridgehead atoms. The molecule has 6 nitrogen and oxygen atoms in total. The highest BCUT2D eigenvalue weighted by molar-refractivity contribution is 6.31. The van der Waals surface area contributed by atoms with Crippen LogP contribution in [0.1, 0.15) is 40.9 Å². The van der Waals surface area contributed by atoms with E-state index in [0.717, 1.165) is 5.56 Å². The van der Waals surface area contributed by atoms with E-state index in [0.29, 0.717) is 28.0 Å². The maximum atomic E-state index is 13.0. The Bertz CT molecular complexity index is 1180. The van der Waals surface area contributed by atoms with Gasteiger partial charge in [-0.05, 0) is 36.6 Å². The monoisotopic (exact) mass is 439 g/mol. The van der Waals surface area contributed by atoms with Crippen LogP contribution in [-0.4, -0.2) is 18.5 Å². The first-order valence-corrected chi connectivity index (χ1v) is 10.2. The van der Waals surface area contributed by atoms with Gasteiger partial charge in [-0.1, -0.05) is 54.1 Å². The highest BCUT2D eigenvalue weighted by atomic mass is 35.5. The molecule has 1 N–H and O–H groups in total. The van der Waals surface area contributed by atoms with Gasteiger partial charge in [0.1, 0.15) is 11.1 Å². The number of carbonyl (C=O) groups is 2. The van der Waals surface area contributed by atoms with Gasteiger partial charge in [-0.25, -0.2) is 4.79 Å². The summed E-state index contributed by atoms with van der Waals surface area (Å²) in [6.45, 7) is 5.61. The molecule has 1 amide bonds. The molecule has 3 aromatic rings. The number of benzene rings is 2. The molecular weight excluding hydrogens is 418 g/mol. The standard InChI is InChI=1S/C24H22ClNO5/c1-3-8-15-9-7-10-16-13-18(24(29)31-22(15)16)23(28)26-20(14-21(27)30-4-2)17-11-5-6-12-19(17)25/h3,5-7,9-13,20H,1,4,8,14H2,2H3,(H,26,28)/t20-/m0/s1. The second-order valence-electron chi connectivity index (χ2n) is 6.83. The maximum absolute atomic E-state index is 13.0. The number of para-hydroxylation sites is 1. The number of carbonyl (C=O) groups excluding carboxylic acids is 2. The van der Waals surface area contributed by atoms with Crippen LogP contribution < -0.4 is 10.9 Å². The Morgan fingerprint density at radius 2 is 2.00 bits per heavy atom. The number of rotatable bonds is 8. The van der Waals surface area contributed by atoms with Gasteiger partial charge >= 0.3 is 11.6 Å². The number of halogens is 1. The molecule has 0 aliphatic rings. The Morgan fingerprint density at radius 3 is 2.71 bits per heavy atom. The third kappa shape index (κ3) is 5.22. The molecule has 0 saturated heterocycles. The van der Waals surface area contributed by atoms with Gasteiger partial charge in [-0.2, -0.15) is 0 Å². The second-order valence-corrected chi connectivity index (χ2v) is 7.24. The van der Waals surface area contributed by atoms with E-state index < -0.39 is 23.5 Å². The molecule has 7 heteroatoms. The molecule has 160 valence electrons. The summed E-state index contributed by atoms with van der Waals surface area (Å²) in [6.07, 6.45) is 2.10. The van der Waals surface area contributed by atoms with Crippen LogP contribution in [0.25, 0.3) is 11.0 Å². The van der Waals surface area contributed by atoms with Gasteiger partial charge in [0.15, 0.2) is 0 Å². The normalized spacial score (nSPS) is 11.7. The van der Waals surface area contributed by atoms with Crippen LogP contribution in [0.4, 0.5) is 0 Å². The minimum Gasteiger partial charge on any atom is -0.466 e. The summed E-state index contributed by atoms with van der Waals surface area (Å²) >= 11 is 6.27. The Kier molecular flexibility index (Phi) is 7.26. The van der Waals surface area contributed by atoms with Crippen molar-refractivity contribution in [1.29, 1.82) is 0 Å². The lowest BCUT2D eigenvalue weighted by atomic mass is 10.0. The highest BCUT2D eigenvalue weighted by Gasteiger charge is 2.24. The molecule has 0 aliphatic heterocycles. The minimum atomic E-state index is -0.776. The van der Waals surface area contributed by atoms with E-state index in [-0.39, 0.29) is 18.6 Å². The van der Waals surface area contributed by atoms with E-state index in [1.807, 2.05) is 12.1 Å². The zero-order valence-corrected chi connectivity index (χ0v) is 17.8. The quantitative estimate of drug-likeness (QED) is 0.315. The molecule has 0 spiro atoms. The lowest BCUT2D eigenvalue weighted by Crippen LogP contribution is -2.33. The third-order valence-electron chi connectivity index (χ3n) is 4.71. The van der Waals surface area contributed by atoms with Crippen molar-refractivity contribution in [1.82, 2.24) is 5.32 Å². The van der Waals surface area contributed by atoms with Gasteiger partial charge < -0.3 is 14.5 Å². The fourth-order valence-corrected chi connectivity index (χ4v) is 3.57. The van der Waals surface area contributed by atoms with Crippen LogP contribution in [0.2, 0.25) is 5.02 Å². The molecule has 0 saturated carbocycles. The van der Waals surface area contributed by atoms with Crippen LogP contribution in [0.3, 0.4) is 0 Å². The van der Waals surface area contributed by atoms with Crippen molar-refractivity contribution < 1.29 is 18.7 Å². The molecule has 1 heterocycles. The van der Waals surface area contributed by atoms with E-state index in [1.165, 1.54) is 6.07 Å². The van der Waals surface area contributed by atoms with Crippen molar-refractivity contribution in [2.24, 2.45) is 0 Å². The maximum Gasteiger partial charge on any atom is 0.349 e. The van der Waals surface area contributed by atoms with Crippen LogP contribution in [-0.2, 0) is 16.0 Å². The summed E-state index contributed by atoms with van der Waals surface area (Å²) in [5.41, 5.74) is 0.828. The average molecular weight is 440 g/mol. The van der Waals surface area contributed by atoms with Crippen molar-refractivity contribution >= 4 is 34.4 Å². The van der Waals surface area contributed by atoms with Crippen molar-refractivity contribution in [2.75, 3.05) is 6.61 Å². The van der Waals surface area contributed by atoms with Gasteiger partial charge in [-0.3, -0.25) is 9.59 Å². The Labute approximate surface area is 184 Å². The largest absolute Gasteiger partial charge is 0.466 e. The number of ether oxygens (including phenoxy) is 1. The first kappa shape index (κ1) is 22.3. The van der Waals surface area contributed by atoms with Gasteiger partial charge in [0.2, 0.25) is 0 Å². The highest BCUT2D eigenvalue weighted by Crippen LogP contribution is 2.26. The van der Waals surface area contributed by atoms with Crippen LogP contribution in [0, 0.1) is 0 Å². The first-order chi connectivity index (χ1) is 14.9. The predicted octanol–water partition coefficient (Wildman–Crippen LogP) is 4.60. The van der Waals surface area contributed by atoms with Crippen molar-refractivity contribution in [3.05, 3.63) is 93.3 Å². The third-order valence-corrected chi connectivity index (χ3v) is 5.06. The molecular formula is C24H22ClNO5. The van der Waals surface area contributed by atoms with Gasteiger partial charge in [0, 0.05) is 10.4 Å². The number of hydrogen-bond donors (Lipinski definition) is 1. The fourth-order valence-electron chi connectivity index (χ4n) is 3.30. The Balaban J connectivity index is 1.96. The van der Waals surface area contributed by atoms with E-state index in [4.69, 9.17) is 20.8 Å². The summed E-state index contributed by atoms with van der Waals surface area (Å²) in [7, 11) is 0. The molecule has 1 aromatic heterocycles. The lowest BCUT2D eigenvalue weighted by Gasteiger charge is -2.19. The molecule has 3 rings (SSSR count). The summed E-state index contributed by atoms with van der Waals surface area (Å²) in [4.78, 5) is 37.6.